The summed E-state index contributed by atoms with van der Waals surface area (Å²) in [5, 5.41) is 5.22. The summed E-state index contributed by atoms with van der Waals surface area (Å²) in [6.07, 6.45) is 3.74. The third kappa shape index (κ3) is 6.51. The van der Waals surface area contributed by atoms with E-state index in [4.69, 9.17) is 4.74 Å². The van der Waals surface area contributed by atoms with Gasteiger partial charge in [0.15, 0.2) is 0 Å². The molecule has 0 aliphatic rings. The molecule has 0 unspecified atom stereocenters. The van der Waals surface area contributed by atoms with Crippen molar-refractivity contribution in [3.8, 4) is 17.4 Å². The summed E-state index contributed by atoms with van der Waals surface area (Å²) in [6, 6.07) is 17.0. The molecule has 2 amide bonds. The van der Waals surface area contributed by atoms with Crippen LogP contribution in [0.5, 0.6) is 11.6 Å². The van der Waals surface area contributed by atoms with Gasteiger partial charge in [0.05, 0.1) is 0 Å². The van der Waals surface area contributed by atoms with Gasteiger partial charge in [-0.1, -0.05) is 0 Å². The second kappa shape index (κ2) is 9.87. The van der Waals surface area contributed by atoms with Gasteiger partial charge in [0.25, 0.3) is 0 Å². The van der Waals surface area contributed by atoms with E-state index in [1.165, 1.54) is 24.3 Å². The van der Waals surface area contributed by atoms with Crippen molar-refractivity contribution in [1.82, 2.24) is 14.5 Å². The van der Waals surface area contributed by atoms with E-state index in [-0.39, 0.29) is 16.7 Å². The number of benzene rings is 2. The number of hydrogen-bond acceptors (Lipinski definition) is 5. The van der Waals surface area contributed by atoms with E-state index in [2.05, 4.69) is 20.6 Å². The van der Waals surface area contributed by atoms with Crippen molar-refractivity contribution < 1.29 is 22.7 Å². The summed E-state index contributed by atoms with van der Waals surface area (Å²) in [7, 11) is 0. The Kier molecular flexibility index (Phi) is 6.73. The van der Waals surface area contributed by atoms with Crippen molar-refractivity contribution in [2.24, 2.45) is 0 Å². The average Bonchev–Trinajstić information content (AvgIpc) is 3.30. The molecule has 2 aromatic carbocycles. The van der Waals surface area contributed by atoms with E-state index in [1.54, 1.807) is 37.3 Å². The summed E-state index contributed by atoms with van der Waals surface area (Å²) in [4.78, 5) is 20.9. The van der Waals surface area contributed by atoms with E-state index >= 15 is 0 Å². The number of urea groups is 1. The Morgan fingerprint density at radius 1 is 0.941 bits per heavy atom. The van der Waals surface area contributed by atoms with Gasteiger partial charge in [0.1, 0.15) is 17.4 Å². The summed E-state index contributed by atoms with van der Waals surface area (Å²) in [5.74, 6) is 2.12. The van der Waals surface area contributed by atoms with Gasteiger partial charge in [-0.25, -0.2) is 9.78 Å². The van der Waals surface area contributed by atoms with Gasteiger partial charge in [-0.3, -0.25) is 0 Å². The van der Waals surface area contributed by atoms with Crippen molar-refractivity contribution in [3.05, 3.63) is 84.9 Å². The monoisotopic (exact) mass is 485 g/mol. The van der Waals surface area contributed by atoms with Gasteiger partial charge >= 0.3 is 11.5 Å². The van der Waals surface area contributed by atoms with Gasteiger partial charge in [0.2, 0.25) is 5.88 Å². The molecule has 11 heteroatoms. The number of thioether (sulfide) groups is 1. The molecule has 0 saturated heterocycles. The topological polar surface area (TPSA) is 81.1 Å². The Labute approximate surface area is 197 Å². The maximum absolute atomic E-state index is 12.4. The van der Waals surface area contributed by atoms with Crippen LogP contribution in [0.2, 0.25) is 0 Å². The third-order valence-electron chi connectivity index (χ3n) is 4.35. The number of nitrogens with one attached hydrogen (secondary N) is 2. The number of nitrogens with zero attached hydrogens (tertiary/aromatic N) is 3. The van der Waals surface area contributed by atoms with Crippen LogP contribution in [0.3, 0.4) is 0 Å². The number of rotatable bonds is 6. The van der Waals surface area contributed by atoms with Gasteiger partial charge in [0, 0.05) is 34.7 Å². The molecule has 2 heterocycles. The van der Waals surface area contributed by atoms with Crippen LogP contribution >= 0.6 is 11.8 Å². The number of aromatic nitrogens is 3. The zero-order valence-corrected chi connectivity index (χ0v) is 18.5. The zero-order valence-electron chi connectivity index (χ0n) is 17.7. The maximum Gasteiger partial charge on any atom is 0.446 e. The number of aryl methyl sites for hydroxylation is 1. The molecule has 0 atom stereocenters. The predicted octanol–water partition coefficient (Wildman–Crippen LogP) is 6.62. The van der Waals surface area contributed by atoms with Crippen LogP contribution in [-0.2, 0) is 0 Å². The number of hydrogen-bond donors (Lipinski definition) is 2. The fourth-order valence-electron chi connectivity index (χ4n) is 2.96. The minimum absolute atomic E-state index is 0.0356. The second-order valence-corrected chi connectivity index (χ2v) is 8.12. The van der Waals surface area contributed by atoms with E-state index in [1.807, 2.05) is 29.1 Å². The number of alkyl halides is 3. The number of carbonyl (C=O) groups is 1. The maximum atomic E-state index is 12.4. The first-order valence-corrected chi connectivity index (χ1v) is 10.8. The lowest BCUT2D eigenvalue weighted by Gasteiger charge is -2.11. The minimum Gasteiger partial charge on any atom is -0.439 e. The smallest absolute Gasteiger partial charge is 0.439 e. The molecule has 0 saturated carbocycles. The molecule has 0 aliphatic carbocycles. The van der Waals surface area contributed by atoms with Crippen LogP contribution in [-0.4, -0.2) is 26.1 Å². The van der Waals surface area contributed by atoms with E-state index in [9.17, 15) is 18.0 Å². The van der Waals surface area contributed by atoms with Gasteiger partial charge in [-0.2, -0.15) is 18.2 Å². The summed E-state index contributed by atoms with van der Waals surface area (Å²) in [5.41, 5.74) is -3.50. The van der Waals surface area contributed by atoms with Crippen molar-refractivity contribution in [3.63, 3.8) is 0 Å². The highest BCUT2D eigenvalue weighted by atomic mass is 32.2. The third-order valence-corrected chi connectivity index (χ3v) is 5.09. The molecule has 0 radical (unpaired) electrons. The molecule has 7 nitrogen and oxygen atoms in total. The number of amides is 2. The van der Waals surface area contributed by atoms with Crippen molar-refractivity contribution in [1.29, 1.82) is 0 Å². The molecule has 0 aliphatic heterocycles. The van der Waals surface area contributed by atoms with Crippen LogP contribution < -0.4 is 15.4 Å². The Bertz CT molecular complexity index is 1260. The Hall–Kier alpha value is -3.99. The fourth-order valence-corrected chi connectivity index (χ4v) is 3.50. The van der Waals surface area contributed by atoms with E-state index in [0.717, 1.165) is 0 Å². The zero-order chi connectivity index (χ0) is 24.1. The summed E-state index contributed by atoms with van der Waals surface area (Å²) in [6.45, 7) is 1.77. The predicted molar refractivity (Wildman–Crippen MR) is 124 cm³/mol. The van der Waals surface area contributed by atoms with Crippen LogP contribution in [0.1, 0.15) is 5.82 Å². The van der Waals surface area contributed by atoms with Crippen LogP contribution in [0, 0.1) is 6.92 Å². The molecule has 34 heavy (non-hydrogen) atoms. The Morgan fingerprint density at radius 3 is 2.12 bits per heavy atom. The van der Waals surface area contributed by atoms with E-state index < -0.39 is 11.5 Å². The SMILES string of the molecule is Cc1nc(Oc2ccc(NC(=O)Nc3ccc(SC(F)(F)F)cc3)cc2)cc(-n2cccc2)n1. The lowest BCUT2D eigenvalue weighted by Crippen LogP contribution is -2.19. The highest BCUT2D eigenvalue weighted by Gasteiger charge is 2.29. The first kappa shape index (κ1) is 23.2. The van der Waals surface area contributed by atoms with Gasteiger partial charge in [-0.05, 0) is 79.3 Å². The van der Waals surface area contributed by atoms with Crippen LogP contribution in [0.4, 0.5) is 29.3 Å². The average molecular weight is 485 g/mol. The number of ether oxygens (including phenoxy) is 1. The lowest BCUT2D eigenvalue weighted by molar-refractivity contribution is -0.0328. The van der Waals surface area contributed by atoms with Crippen LogP contribution in [0.15, 0.2) is 84.0 Å². The largest absolute Gasteiger partial charge is 0.446 e. The number of carbonyl (C=O) groups excluding carboxylic acids is 1. The van der Waals surface area contributed by atoms with Crippen LogP contribution in [0.25, 0.3) is 5.82 Å². The molecule has 2 aromatic heterocycles. The van der Waals surface area contributed by atoms with Crippen molar-refractivity contribution in [2.45, 2.75) is 17.3 Å². The lowest BCUT2D eigenvalue weighted by atomic mass is 10.3. The molecular formula is C23H18F3N5O2S. The molecule has 0 fully saturated rings. The number of anilines is 2. The van der Waals surface area contributed by atoms with Crippen molar-refractivity contribution in [2.75, 3.05) is 10.6 Å². The van der Waals surface area contributed by atoms with Gasteiger partial charge in [-0.15, -0.1) is 0 Å². The van der Waals surface area contributed by atoms with E-state index in [0.29, 0.717) is 34.6 Å². The summed E-state index contributed by atoms with van der Waals surface area (Å²) < 4.78 is 44.9. The molecule has 2 N–H and O–H groups in total. The quantitative estimate of drug-likeness (QED) is 0.300. The molecule has 174 valence electrons. The molecule has 0 bridgehead atoms. The summed E-state index contributed by atoms with van der Waals surface area (Å²) >= 11 is -0.216. The Balaban J connectivity index is 1.34. The first-order chi connectivity index (χ1) is 16.2. The minimum atomic E-state index is -4.36. The molecule has 4 rings (SSSR count). The molecule has 0 spiro atoms. The second-order valence-electron chi connectivity index (χ2n) is 6.98. The Morgan fingerprint density at radius 2 is 1.53 bits per heavy atom. The molecular weight excluding hydrogens is 467 g/mol. The standard InChI is InChI=1S/C23H18F3N5O2S/c1-15-27-20(31-12-2-3-13-31)14-21(28-15)33-18-8-4-16(5-9-18)29-22(32)30-17-6-10-19(11-7-17)34-23(24,25)26/h2-14H,1H3,(H2,29,30,32). The highest BCUT2D eigenvalue weighted by Crippen LogP contribution is 2.37. The first-order valence-electron chi connectivity index (χ1n) is 9.94. The fraction of sp³-hybridized carbons (Fsp3) is 0.0870. The molecule has 4 aromatic rings. The highest BCUT2D eigenvalue weighted by molar-refractivity contribution is 8.00. The van der Waals surface area contributed by atoms with Crippen molar-refractivity contribution >= 4 is 29.2 Å². The number of halogens is 3. The van der Waals surface area contributed by atoms with Gasteiger partial charge < -0.3 is 19.9 Å². The normalized spacial score (nSPS) is 11.2.